The van der Waals surface area contributed by atoms with Crippen molar-refractivity contribution in [3.63, 3.8) is 0 Å². The zero-order valence-corrected chi connectivity index (χ0v) is 11.4. The van der Waals surface area contributed by atoms with Crippen molar-refractivity contribution < 1.29 is 14.3 Å². The molecule has 1 aliphatic heterocycles. The van der Waals surface area contributed by atoms with Crippen molar-refractivity contribution in [2.24, 2.45) is 0 Å². The van der Waals surface area contributed by atoms with Crippen LogP contribution in [0.5, 0.6) is 0 Å². The van der Waals surface area contributed by atoms with Crippen LogP contribution in [-0.4, -0.2) is 25.2 Å². The van der Waals surface area contributed by atoms with Gasteiger partial charge in [-0.25, -0.2) is 4.79 Å². The van der Waals surface area contributed by atoms with E-state index in [2.05, 4.69) is 5.32 Å². The lowest BCUT2D eigenvalue weighted by Gasteiger charge is -2.18. The van der Waals surface area contributed by atoms with E-state index >= 15 is 0 Å². The van der Waals surface area contributed by atoms with Crippen LogP contribution >= 0.6 is 11.6 Å². The summed E-state index contributed by atoms with van der Waals surface area (Å²) >= 11 is 6.15. The summed E-state index contributed by atoms with van der Waals surface area (Å²) < 4.78 is 4.78. The maximum Gasteiger partial charge on any atom is 0.411 e. The van der Waals surface area contributed by atoms with Gasteiger partial charge in [-0.15, -0.1) is 0 Å². The summed E-state index contributed by atoms with van der Waals surface area (Å²) in [5, 5.41) is 3.00. The van der Waals surface area contributed by atoms with Crippen LogP contribution in [0.1, 0.15) is 19.8 Å². The topological polar surface area (TPSA) is 58.6 Å². The first-order valence-corrected chi connectivity index (χ1v) is 6.53. The number of rotatable bonds is 3. The number of benzene rings is 1. The standard InChI is InChI=1S/C13H15ClN2O3/c1-2-19-13(18)15-9-5-6-11(10(14)8-9)16-7-3-4-12(16)17/h5-6,8H,2-4,7H2,1H3,(H,15,18). The van der Waals surface area contributed by atoms with Gasteiger partial charge >= 0.3 is 6.09 Å². The molecule has 0 aromatic heterocycles. The fraction of sp³-hybridized carbons (Fsp3) is 0.385. The molecule has 1 heterocycles. The number of carbonyl (C=O) groups excluding carboxylic acids is 2. The minimum atomic E-state index is -0.524. The fourth-order valence-corrected chi connectivity index (χ4v) is 2.27. The maximum absolute atomic E-state index is 11.7. The van der Waals surface area contributed by atoms with Gasteiger partial charge in [-0.1, -0.05) is 11.6 Å². The largest absolute Gasteiger partial charge is 0.450 e. The zero-order chi connectivity index (χ0) is 13.8. The lowest BCUT2D eigenvalue weighted by Crippen LogP contribution is -2.24. The average molecular weight is 283 g/mol. The Bertz CT molecular complexity index is 505. The van der Waals surface area contributed by atoms with Crippen LogP contribution < -0.4 is 10.2 Å². The number of nitrogens with zero attached hydrogens (tertiary/aromatic N) is 1. The maximum atomic E-state index is 11.7. The molecule has 1 fully saturated rings. The lowest BCUT2D eigenvalue weighted by molar-refractivity contribution is -0.117. The predicted octanol–water partition coefficient (Wildman–Crippen LogP) is 3.04. The van der Waals surface area contributed by atoms with Crippen LogP contribution in [0, 0.1) is 0 Å². The number of anilines is 2. The molecule has 102 valence electrons. The highest BCUT2D eigenvalue weighted by Crippen LogP contribution is 2.31. The monoisotopic (exact) mass is 282 g/mol. The Morgan fingerprint density at radius 1 is 1.53 bits per heavy atom. The van der Waals surface area contributed by atoms with Gasteiger partial charge in [0.15, 0.2) is 0 Å². The number of hydrogen-bond acceptors (Lipinski definition) is 3. The van der Waals surface area contributed by atoms with Gasteiger partial charge < -0.3 is 9.64 Å². The van der Waals surface area contributed by atoms with E-state index in [1.165, 1.54) is 0 Å². The highest BCUT2D eigenvalue weighted by atomic mass is 35.5. The van der Waals surface area contributed by atoms with E-state index in [0.29, 0.717) is 36.0 Å². The second-order valence-corrected chi connectivity index (χ2v) is 4.57. The molecule has 2 amide bonds. The minimum Gasteiger partial charge on any atom is -0.450 e. The molecule has 6 heteroatoms. The Kier molecular flexibility index (Phi) is 4.27. The van der Waals surface area contributed by atoms with Gasteiger partial charge in [0.05, 0.1) is 17.3 Å². The van der Waals surface area contributed by atoms with Gasteiger partial charge in [0, 0.05) is 18.7 Å². The lowest BCUT2D eigenvalue weighted by atomic mass is 10.2. The number of amides is 2. The summed E-state index contributed by atoms with van der Waals surface area (Å²) in [7, 11) is 0. The third-order valence-corrected chi connectivity index (χ3v) is 3.14. The predicted molar refractivity (Wildman–Crippen MR) is 73.7 cm³/mol. The van der Waals surface area contributed by atoms with E-state index < -0.39 is 6.09 Å². The second kappa shape index (κ2) is 5.93. The molecule has 1 saturated heterocycles. The molecular formula is C13H15ClN2O3. The van der Waals surface area contributed by atoms with Crippen LogP contribution in [0.2, 0.25) is 5.02 Å². The highest BCUT2D eigenvalue weighted by Gasteiger charge is 2.23. The van der Waals surface area contributed by atoms with Gasteiger partial charge in [0.1, 0.15) is 0 Å². The van der Waals surface area contributed by atoms with Gasteiger partial charge in [-0.2, -0.15) is 0 Å². The van der Waals surface area contributed by atoms with E-state index in [0.717, 1.165) is 6.42 Å². The number of hydrogen-bond donors (Lipinski definition) is 1. The number of ether oxygens (including phenoxy) is 1. The van der Waals surface area contributed by atoms with E-state index in [1.807, 2.05) is 0 Å². The van der Waals surface area contributed by atoms with Gasteiger partial charge in [-0.3, -0.25) is 10.1 Å². The Morgan fingerprint density at radius 3 is 2.89 bits per heavy atom. The van der Waals surface area contributed by atoms with Crippen LogP contribution in [-0.2, 0) is 9.53 Å². The molecule has 1 N–H and O–H groups in total. The van der Waals surface area contributed by atoms with E-state index in [1.54, 1.807) is 30.0 Å². The summed E-state index contributed by atoms with van der Waals surface area (Å²) in [6, 6.07) is 5.04. The molecule has 0 unspecified atom stereocenters. The molecule has 0 atom stereocenters. The average Bonchev–Trinajstić information content (AvgIpc) is 2.76. The zero-order valence-electron chi connectivity index (χ0n) is 10.6. The van der Waals surface area contributed by atoms with Crippen molar-refractivity contribution in [2.45, 2.75) is 19.8 Å². The molecule has 5 nitrogen and oxygen atoms in total. The summed E-state index contributed by atoms with van der Waals surface area (Å²) in [5.41, 5.74) is 1.22. The van der Waals surface area contributed by atoms with Gasteiger partial charge in [0.2, 0.25) is 5.91 Å². The molecule has 2 rings (SSSR count). The first-order valence-electron chi connectivity index (χ1n) is 6.15. The summed E-state index contributed by atoms with van der Waals surface area (Å²) in [6.45, 7) is 2.72. The van der Waals surface area contributed by atoms with Crippen LogP contribution in [0.25, 0.3) is 0 Å². The smallest absolute Gasteiger partial charge is 0.411 e. The summed E-state index contributed by atoms with van der Waals surface area (Å²) in [4.78, 5) is 24.6. The quantitative estimate of drug-likeness (QED) is 0.927. The van der Waals surface area contributed by atoms with Crippen molar-refractivity contribution >= 4 is 35.0 Å². The molecule has 19 heavy (non-hydrogen) atoms. The summed E-state index contributed by atoms with van der Waals surface area (Å²) in [6.07, 6.45) is 0.875. The van der Waals surface area contributed by atoms with Crippen molar-refractivity contribution in [3.8, 4) is 0 Å². The number of nitrogens with one attached hydrogen (secondary N) is 1. The molecule has 1 aromatic carbocycles. The third-order valence-electron chi connectivity index (χ3n) is 2.83. The molecule has 0 aliphatic carbocycles. The van der Waals surface area contributed by atoms with E-state index in [-0.39, 0.29) is 5.91 Å². The van der Waals surface area contributed by atoms with Gasteiger partial charge in [0.25, 0.3) is 0 Å². The Balaban J connectivity index is 2.13. The minimum absolute atomic E-state index is 0.0769. The van der Waals surface area contributed by atoms with Crippen molar-refractivity contribution in [2.75, 3.05) is 23.4 Å². The van der Waals surface area contributed by atoms with Crippen LogP contribution in [0.4, 0.5) is 16.2 Å². The Hall–Kier alpha value is -1.75. The SMILES string of the molecule is CCOC(=O)Nc1ccc(N2CCCC2=O)c(Cl)c1. The molecular weight excluding hydrogens is 268 g/mol. The molecule has 0 spiro atoms. The van der Waals surface area contributed by atoms with Gasteiger partial charge in [-0.05, 0) is 31.5 Å². The first-order chi connectivity index (χ1) is 9.11. The normalized spacial score (nSPS) is 14.6. The molecule has 0 radical (unpaired) electrons. The molecule has 0 saturated carbocycles. The molecule has 0 bridgehead atoms. The molecule has 1 aromatic rings. The Labute approximate surface area is 116 Å². The Morgan fingerprint density at radius 2 is 2.32 bits per heavy atom. The first kappa shape index (κ1) is 13.7. The fourth-order valence-electron chi connectivity index (χ4n) is 1.99. The van der Waals surface area contributed by atoms with Crippen molar-refractivity contribution in [1.82, 2.24) is 0 Å². The summed E-state index contributed by atoms with van der Waals surface area (Å²) in [5.74, 6) is 0.0769. The van der Waals surface area contributed by atoms with Crippen LogP contribution in [0.15, 0.2) is 18.2 Å². The number of halogens is 1. The van der Waals surface area contributed by atoms with E-state index in [4.69, 9.17) is 16.3 Å². The van der Waals surface area contributed by atoms with E-state index in [9.17, 15) is 9.59 Å². The second-order valence-electron chi connectivity index (χ2n) is 4.16. The van der Waals surface area contributed by atoms with Crippen LogP contribution in [0.3, 0.4) is 0 Å². The highest BCUT2D eigenvalue weighted by molar-refractivity contribution is 6.34. The third kappa shape index (κ3) is 3.17. The van der Waals surface area contributed by atoms with Crippen molar-refractivity contribution in [1.29, 1.82) is 0 Å². The van der Waals surface area contributed by atoms with Crippen molar-refractivity contribution in [3.05, 3.63) is 23.2 Å². The molecule has 1 aliphatic rings. The number of carbonyl (C=O) groups is 2.